The molecule has 15 heteroatoms. The number of hydrogen-bond acceptors (Lipinski definition) is 10. The first kappa shape index (κ1) is 30.8. The predicted octanol–water partition coefficient (Wildman–Crippen LogP) is 4.11. The molecule has 0 saturated carbocycles. The van der Waals surface area contributed by atoms with Crippen LogP contribution in [0, 0.1) is 0 Å². The number of esters is 1. The standard InChI is InChI=1S/C26H32FN4O8PS/c1-15(2)37-23(33)17(4)30-40(35,39-19-8-6-18(7-9-19)22-28-11-13-41-22)36-14-20-21(32)26(5,27)24(38-20)31-12-10-16(3)29-25(31)34/h6-13,15,17,20-21,24,32H,3,14H2,1-2,4-5H3,(H,29,34)(H,30,35)/t17-,20+,21+,24+,26+,40?/m0/s1. The predicted molar refractivity (Wildman–Crippen MR) is 148 cm³/mol. The van der Waals surface area contributed by atoms with E-state index in [1.54, 1.807) is 44.3 Å². The van der Waals surface area contributed by atoms with Crippen LogP contribution in [0.5, 0.6) is 5.75 Å². The fourth-order valence-electron chi connectivity index (χ4n) is 4.07. The molecule has 2 aliphatic heterocycles. The summed E-state index contributed by atoms with van der Waals surface area (Å²) in [6.07, 6.45) is -0.677. The molecule has 1 aromatic heterocycles. The molecule has 1 unspecified atom stereocenters. The van der Waals surface area contributed by atoms with Crippen LogP contribution in [0.1, 0.15) is 27.7 Å². The summed E-state index contributed by atoms with van der Waals surface area (Å²) in [6, 6.07) is 4.70. The quantitative estimate of drug-likeness (QED) is 0.251. The molecular weight excluding hydrogens is 578 g/mol. The van der Waals surface area contributed by atoms with Crippen molar-refractivity contribution >= 4 is 31.1 Å². The molecule has 1 aromatic carbocycles. The van der Waals surface area contributed by atoms with Crippen molar-refractivity contribution in [2.45, 2.75) is 63.9 Å². The molecule has 0 bridgehead atoms. The molecule has 41 heavy (non-hydrogen) atoms. The van der Waals surface area contributed by atoms with E-state index < -0.39 is 62.6 Å². The van der Waals surface area contributed by atoms with E-state index in [0.717, 1.165) is 22.4 Å². The molecule has 2 aromatic rings. The molecule has 1 saturated heterocycles. The van der Waals surface area contributed by atoms with Gasteiger partial charge in [-0.15, -0.1) is 11.3 Å². The molecule has 4 rings (SSSR count). The number of alkyl halides is 1. The summed E-state index contributed by atoms with van der Waals surface area (Å²) in [6.45, 7) is 8.83. The SMILES string of the molecule is C=C1C=CN([C@@H]2O[C@H](COP(=O)(N[C@@H](C)C(=O)OC(C)C)Oc3ccc(-c4nccs4)cc3)[C@@H](O)[C@@]2(C)F)C(=O)N1. The number of hydrogen-bond donors (Lipinski definition) is 3. The Balaban J connectivity index is 1.51. The van der Waals surface area contributed by atoms with Gasteiger partial charge in [-0.05, 0) is 58.0 Å². The number of carbonyl (C=O) groups excluding carboxylic acids is 2. The second kappa shape index (κ2) is 12.4. The van der Waals surface area contributed by atoms with Crippen LogP contribution in [0.4, 0.5) is 9.18 Å². The molecule has 1 fully saturated rings. The number of aromatic nitrogens is 1. The van der Waals surface area contributed by atoms with Gasteiger partial charge in [0.15, 0.2) is 11.9 Å². The van der Waals surface area contributed by atoms with Crippen molar-refractivity contribution in [3.8, 4) is 16.3 Å². The van der Waals surface area contributed by atoms with Gasteiger partial charge in [-0.2, -0.15) is 5.09 Å². The Labute approximate surface area is 240 Å². The average molecular weight is 611 g/mol. The van der Waals surface area contributed by atoms with Crippen LogP contribution >= 0.6 is 19.1 Å². The summed E-state index contributed by atoms with van der Waals surface area (Å²) in [4.78, 5) is 30.0. The molecule has 2 aliphatic rings. The van der Waals surface area contributed by atoms with Crippen LogP contribution < -0.4 is 14.9 Å². The van der Waals surface area contributed by atoms with Crippen LogP contribution in [0.15, 0.2) is 60.4 Å². The lowest BCUT2D eigenvalue weighted by Gasteiger charge is -2.33. The fourth-order valence-corrected chi connectivity index (χ4v) is 6.21. The number of benzene rings is 1. The summed E-state index contributed by atoms with van der Waals surface area (Å²) < 4.78 is 51.7. The lowest BCUT2D eigenvalue weighted by molar-refractivity contribution is -0.149. The monoisotopic (exact) mass is 610 g/mol. The van der Waals surface area contributed by atoms with Crippen LogP contribution in [-0.2, 0) is 23.4 Å². The van der Waals surface area contributed by atoms with E-state index >= 15 is 4.39 Å². The molecule has 0 radical (unpaired) electrons. The third-order valence-electron chi connectivity index (χ3n) is 6.13. The van der Waals surface area contributed by atoms with E-state index in [1.165, 1.54) is 30.5 Å². The van der Waals surface area contributed by atoms with Gasteiger partial charge in [0.1, 0.15) is 29.0 Å². The minimum absolute atomic E-state index is 0.141. The van der Waals surface area contributed by atoms with Crippen LogP contribution in [0.25, 0.3) is 10.6 Å². The number of urea groups is 1. The van der Waals surface area contributed by atoms with Gasteiger partial charge in [0.25, 0.3) is 0 Å². The summed E-state index contributed by atoms with van der Waals surface area (Å²) in [5, 5.41) is 18.3. The van der Waals surface area contributed by atoms with Crippen molar-refractivity contribution in [3.05, 3.63) is 60.4 Å². The van der Waals surface area contributed by atoms with Crippen LogP contribution in [-0.4, -0.2) is 69.8 Å². The normalized spacial score (nSPS) is 26.5. The van der Waals surface area contributed by atoms with Crippen LogP contribution in [0.3, 0.4) is 0 Å². The highest BCUT2D eigenvalue weighted by atomic mass is 32.1. The molecule has 3 heterocycles. The number of nitrogens with one attached hydrogen (secondary N) is 2. The van der Waals surface area contributed by atoms with Gasteiger partial charge in [0.05, 0.1) is 12.7 Å². The largest absolute Gasteiger partial charge is 0.462 e. The van der Waals surface area contributed by atoms with E-state index in [0.29, 0.717) is 5.70 Å². The Morgan fingerprint density at radius 3 is 2.68 bits per heavy atom. The Morgan fingerprint density at radius 2 is 2.07 bits per heavy atom. The third kappa shape index (κ3) is 7.21. The zero-order valence-corrected chi connectivity index (χ0v) is 24.6. The van der Waals surface area contributed by atoms with E-state index in [-0.39, 0.29) is 5.75 Å². The second-order valence-electron chi connectivity index (χ2n) is 9.88. The Bertz CT molecular complexity index is 1340. The molecule has 0 aliphatic carbocycles. The number of carbonyl (C=O) groups is 2. The minimum atomic E-state index is -4.36. The smallest absolute Gasteiger partial charge is 0.459 e. The van der Waals surface area contributed by atoms with Gasteiger partial charge >= 0.3 is 19.7 Å². The molecule has 12 nitrogen and oxygen atoms in total. The highest BCUT2D eigenvalue weighted by Crippen LogP contribution is 2.47. The highest BCUT2D eigenvalue weighted by Gasteiger charge is 2.57. The average Bonchev–Trinajstić information content (AvgIpc) is 3.51. The van der Waals surface area contributed by atoms with Crippen molar-refractivity contribution in [1.29, 1.82) is 0 Å². The molecule has 0 spiro atoms. The molecule has 2 amide bonds. The number of rotatable bonds is 11. The number of halogens is 1. The maximum absolute atomic E-state index is 15.6. The van der Waals surface area contributed by atoms with Gasteiger partial charge in [-0.25, -0.2) is 18.7 Å². The Morgan fingerprint density at radius 1 is 1.37 bits per heavy atom. The number of thiazole rings is 1. The van der Waals surface area contributed by atoms with Gasteiger partial charge in [0, 0.05) is 29.0 Å². The molecular formula is C26H32FN4O8PS. The maximum Gasteiger partial charge on any atom is 0.459 e. The summed E-state index contributed by atoms with van der Waals surface area (Å²) in [5.41, 5.74) is -1.31. The lowest BCUT2D eigenvalue weighted by atomic mass is 9.98. The molecule has 3 N–H and O–H groups in total. The number of nitrogens with zero attached hydrogens (tertiary/aromatic N) is 2. The van der Waals surface area contributed by atoms with Gasteiger partial charge in [-0.3, -0.25) is 14.2 Å². The van der Waals surface area contributed by atoms with Gasteiger partial charge in [0.2, 0.25) is 0 Å². The number of amides is 2. The van der Waals surface area contributed by atoms with Gasteiger partial charge < -0.3 is 24.4 Å². The van der Waals surface area contributed by atoms with E-state index in [9.17, 15) is 19.3 Å². The maximum atomic E-state index is 15.6. The van der Waals surface area contributed by atoms with Crippen molar-refractivity contribution in [2.75, 3.05) is 6.61 Å². The van der Waals surface area contributed by atoms with Gasteiger partial charge in [-0.1, -0.05) is 6.58 Å². The first-order valence-electron chi connectivity index (χ1n) is 12.7. The van der Waals surface area contributed by atoms with Crippen molar-refractivity contribution in [2.24, 2.45) is 0 Å². The number of allylic oxidation sites excluding steroid dienone is 1. The molecule has 222 valence electrons. The summed E-state index contributed by atoms with van der Waals surface area (Å²) in [7, 11) is -4.36. The third-order valence-corrected chi connectivity index (χ3v) is 8.60. The van der Waals surface area contributed by atoms with E-state index in [4.69, 9.17) is 18.5 Å². The highest BCUT2D eigenvalue weighted by molar-refractivity contribution is 7.52. The first-order chi connectivity index (χ1) is 19.3. The second-order valence-corrected chi connectivity index (χ2v) is 12.5. The van der Waals surface area contributed by atoms with Crippen molar-refractivity contribution in [1.82, 2.24) is 20.3 Å². The van der Waals surface area contributed by atoms with E-state index in [2.05, 4.69) is 22.0 Å². The van der Waals surface area contributed by atoms with Crippen molar-refractivity contribution < 1.29 is 42.2 Å². The summed E-state index contributed by atoms with van der Waals surface area (Å²) >= 11 is 1.44. The Hall–Kier alpha value is -3.13. The summed E-state index contributed by atoms with van der Waals surface area (Å²) in [5.74, 6) is -0.563. The number of ether oxygens (including phenoxy) is 2. The first-order valence-corrected chi connectivity index (χ1v) is 15.1. The van der Waals surface area contributed by atoms with Crippen LogP contribution in [0.2, 0.25) is 0 Å². The minimum Gasteiger partial charge on any atom is -0.462 e. The zero-order chi connectivity index (χ0) is 29.9. The van der Waals surface area contributed by atoms with E-state index in [1.807, 2.05) is 5.38 Å². The lowest BCUT2D eigenvalue weighted by Crippen LogP contribution is -2.53. The number of aliphatic hydroxyl groups excluding tert-OH is 1. The molecule has 6 atom stereocenters. The zero-order valence-electron chi connectivity index (χ0n) is 22.9. The number of aliphatic hydroxyl groups is 1. The fraction of sp³-hybridized carbons (Fsp3) is 0.423. The van der Waals surface area contributed by atoms with Crippen molar-refractivity contribution in [3.63, 3.8) is 0 Å². The Kier molecular flexibility index (Phi) is 9.32. The topological polar surface area (TPSA) is 149 Å².